The fourth-order valence-electron chi connectivity index (χ4n) is 2.22. The number of para-hydroxylation sites is 1. The molecule has 0 saturated heterocycles. The van der Waals surface area contributed by atoms with Crippen molar-refractivity contribution in [1.29, 1.82) is 0 Å². The van der Waals surface area contributed by atoms with Gasteiger partial charge in [-0.2, -0.15) is 0 Å². The van der Waals surface area contributed by atoms with Crippen LogP contribution in [0.1, 0.15) is 17.5 Å². The van der Waals surface area contributed by atoms with Crippen molar-refractivity contribution >= 4 is 16.1 Å². The Balaban J connectivity index is 1.64. The fraction of sp³-hybridized carbons (Fsp3) is 0.278. The predicted octanol–water partition coefficient (Wildman–Crippen LogP) is 1.91. The molecule has 0 unspecified atom stereocenters. The van der Waals surface area contributed by atoms with E-state index in [4.69, 9.17) is 9.88 Å². The Labute approximate surface area is 153 Å². The van der Waals surface area contributed by atoms with Crippen molar-refractivity contribution in [2.45, 2.75) is 24.8 Å². The number of nitrogens with two attached hydrogens (primary N) is 1. The molecule has 2 rings (SSSR count). The van der Waals surface area contributed by atoms with Crippen molar-refractivity contribution in [1.82, 2.24) is 10.6 Å². The summed E-state index contributed by atoms with van der Waals surface area (Å²) in [6, 6.07) is 13.5. The fourth-order valence-corrected chi connectivity index (χ4v) is 2.73. The van der Waals surface area contributed by atoms with Gasteiger partial charge in [0, 0.05) is 13.1 Å². The van der Waals surface area contributed by atoms with E-state index in [1.807, 2.05) is 31.2 Å². The van der Waals surface area contributed by atoms with Crippen molar-refractivity contribution in [3.05, 3.63) is 59.7 Å². The van der Waals surface area contributed by atoms with Gasteiger partial charge < -0.3 is 15.4 Å². The molecule has 2 aromatic carbocycles. The third-order valence-corrected chi connectivity index (χ3v) is 4.59. The van der Waals surface area contributed by atoms with Crippen LogP contribution in [0.25, 0.3) is 0 Å². The van der Waals surface area contributed by atoms with Gasteiger partial charge in [0.2, 0.25) is 10.0 Å². The SMILES string of the molecule is Cc1ccccc1OCCCNC(=O)NCc1ccc(S(N)(=O)=O)cc1. The Morgan fingerprint density at radius 1 is 1.08 bits per heavy atom. The van der Waals surface area contributed by atoms with Crippen LogP contribution in [0.2, 0.25) is 0 Å². The van der Waals surface area contributed by atoms with Gasteiger partial charge >= 0.3 is 6.03 Å². The van der Waals surface area contributed by atoms with E-state index in [0.717, 1.165) is 16.9 Å². The Hall–Kier alpha value is -2.58. The number of primary sulfonamides is 1. The van der Waals surface area contributed by atoms with Crippen molar-refractivity contribution < 1.29 is 17.9 Å². The summed E-state index contributed by atoms with van der Waals surface area (Å²) >= 11 is 0. The maximum absolute atomic E-state index is 11.8. The molecule has 0 aliphatic carbocycles. The largest absolute Gasteiger partial charge is 0.493 e. The number of urea groups is 1. The molecule has 8 heteroatoms. The second-order valence-corrected chi connectivity index (χ2v) is 7.33. The summed E-state index contributed by atoms with van der Waals surface area (Å²) in [6.07, 6.45) is 0.685. The van der Waals surface area contributed by atoms with Crippen molar-refractivity contribution in [3.63, 3.8) is 0 Å². The number of nitrogens with one attached hydrogen (secondary N) is 2. The lowest BCUT2D eigenvalue weighted by atomic mass is 10.2. The monoisotopic (exact) mass is 377 g/mol. The van der Waals surface area contributed by atoms with Crippen molar-refractivity contribution in [2.75, 3.05) is 13.2 Å². The maximum atomic E-state index is 11.8. The highest BCUT2D eigenvalue weighted by atomic mass is 32.2. The first kappa shape index (κ1) is 19.7. The number of carbonyl (C=O) groups is 1. The Kier molecular flexibility index (Phi) is 6.99. The molecule has 26 heavy (non-hydrogen) atoms. The number of hydrogen-bond acceptors (Lipinski definition) is 4. The third kappa shape index (κ3) is 6.38. The normalized spacial score (nSPS) is 11.0. The number of hydrogen-bond donors (Lipinski definition) is 3. The zero-order valence-corrected chi connectivity index (χ0v) is 15.4. The first-order valence-electron chi connectivity index (χ1n) is 8.18. The summed E-state index contributed by atoms with van der Waals surface area (Å²) in [4.78, 5) is 11.8. The summed E-state index contributed by atoms with van der Waals surface area (Å²) in [5.41, 5.74) is 1.85. The average Bonchev–Trinajstić information content (AvgIpc) is 2.61. The van der Waals surface area contributed by atoms with E-state index < -0.39 is 10.0 Å². The van der Waals surface area contributed by atoms with Gasteiger partial charge in [-0.25, -0.2) is 18.4 Å². The molecule has 0 aliphatic rings. The minimum atomic E-state index is -3.70. The van der Waals surface area contributed by atoms with E-state index >= 15 is 0 Å². The highest BCUT2D eigenvalue weighted by Crippen LogP contribution is 2.16. The molecule has 0 radical (unpaired) electrons. The standard InChI is InChI=1S/C18H23N3O4S/c1-14-5-2-3-6-17(14)25-12-4-11-20-18(22)21-13-15-7-9-16(10-8-15)26(19,23)24/h2-3,5-10H,4,11-13H2,1H3,(H2,19,23,24)(H2,20,21,22). The summed E-state index contributed by atoms with van der Waals surface area (Å²) in [5.74, 6) is 0.847. The third-order valence-electron chi connectivity index (χ3n) is 3.66. The van der Waals surface area contributed by atoms with Gasteiger partial charge in [0.05, 0.1) is 11.5 Å². The molecule has 0 bridgehead atoms. The van der Waals surface area contributed by atoms with Crippen LogP contribution >= 0.6 is 0 Å². The van der Waals surface area contributed by atoms with E-state index in [9.17, 15) is 13.2 Å². The minimum absolute atomic E-state index is 0.0411. The topological polar surface area (TPSA) is 111 Å². The van der Waals surface area contributed by atoms with Crippen molar-refractivity contribution in [2.24, 2.45) is 5.14 Å². The first-order valence-corrected chi connectivity index (χ1v) is 9.73. The first-order chi connectivity index (χ1) is 12.4. The maximum Gasteiger partial charge on any atom is 0.315 e. The molecular weight excluding hydrogens is 354 g/mol. The molecule has 2 aromatic rings. The number of ether oxygens (including phenoxy) is 1. The molecule has 0 aliphatic heterocycles. The van der Waals surface area contributed by atoms with E-state index in [1.54, 1.807) is 12.1 Å². The molecule has 2 amide bonds. The molecule has 7 nitrogen and oxygen atoms in total. The van der Waals surface area contributed by atoms with Gasteiger partial charge in [-0.1, -0.05) is 30.3 Å². The van der Waals surface area contributed by atoms with Gasteiger partial charge in [-0.15, -0.1) is 0 Å². The molecule has 0 fully saturated rings. The molecule has 140 valence electrons. The van der Waals surface area contributed by atoms with E-state index in [1.165, 1.54) is 12.1 Å². The van der Waals surface area contributed by atoms with Gasteiger partial charge in [0.1, 0.15) is 5.75 Å². The van der Waals surface area contributed by atoms with Crippen molar-refractivity contribution in [3.8, 4) is 5.75 Å². The van der Waals surface area contributed by atoms with Crippen LogP contribution in [-0.4, -0.2) is 27.6 Å². The van der Waals surface area contributed by atoms with Gasteiger partial charge in [0.25, 0.3) is 0 Å². The van der Waals surface area contributed by atoms with Gasteiger partial charge in [-0.05, 0) is 42.7 Å². The Bertz CT molecular complexity index is 836. The highest BCUT2D eigenvalue weighted by Gasteiger charge is 2.07. The smallest absolute Gasteiger partial charge is 0.315 e. The second-order valence-electron chi connectivity index (χ2n) is 5.77. The number of sulfonamides is 1. The van der Waals surface area contributed by atoms with Crippen LogP contribution in [-0.2, 0) is 16.6 Å². The predicted molar refractivity (Wildman–Crippen MR) is 99.3 cm³/mol. The number of aryl methyl sites for hydroxylation is 1. The number of rotatable bonds is 8. The van der Waals surface area contributed by atoms with Crippen LogP contribution in [0.3, 0.4) is 0 Å². The zero-order chi connectivity index (χ0) is 19.0. The zero-order valence-electron chi connectivity index (χ0n) is 14.6. The van der Waals surface area contributed by atoms with Crippen LogP contribution < -0.4 is 20.5 Å². The lowest BCUT2D eigenvalue weighted by Crippen LogP contribution is -2.36. The molecule has 0 saturated carbocycles. The van der Waals surface area contributed by atoms with E-state index in [0.29, 0.717) is 19.6 Å². The summed E-state index contributed by atoms with van der Waals surface area (Å²) in [7, 11) is -3.70. The van der Waals surface area contributed by atoms with Crippen LogP contribution in [0.4, 0.5) is 4.79 Å². The lowest BCUT2D eigenvalue weighted by Gasteiger charge is -2.10. The highest BCUT2D eigenvalue weighted by molar-refractivity contribution is 7.89. The second kappa shape index (κ2) is 9.21. The number of carbonyl (C=O) groups excluding carboxylic acids is 1. The van der Waals surface area contributed by atoms with Crippen LogP contribution in [0.5, 0.6) is 5.75 Å². The molecule has 0 aromatic heterocycles. The van der Waals surface area contributed by atoms with Crippen LogP contribution in [0, 0.1) is 6.92 Å². The molecule has 4 N–H and O–H groups in total. The summed E-state index contributed by atoms with van der Waals surface area (Å²) < 4.78 is 28.0. The van der Waals surface area contributed by atoms with E-state index in [2.05, 4.69) is 10.6 Å². The summed E-state index contributed by atoms with van der Waals surface area (Å²) in [5, 5.41) is 10.5. The van der Waals surface area contributed by atoms with Crippen LogP contribution in [0.15, 0.2) is 53.4 Å². The molecule has 0 atom stereocenters. The molecular formula is C18H23N3O4S. The molecule has 0 heterocycles. The van der Waals surface area contributed by atoms with Gasteiger partial charge in [-0.3, -0.25) is 0 Å². The number of amides is 2. The van der Waals surface area contributed by atoms with Gasteiger partial charge in [0.15, 0.2) is 0 Å². The lowest BCUT2D eigenvalue weighted by molar-refractivity contribution is 0.238. The summed E-state index contributed by atoms with van der Waals surface area (Å²) in [6.45, 7) is 3.27. The quantitative estimate of drug-likeness (QED) is 0.610. The Morgan fingerprint density at radius 2 is 1.77 bits per heavy atom. The number of benzene rings is 2. The minimum Gasteiger partial charge on any atom is -0.493 e. The van der Waals surface area contributed by atoms with E-state index in [-0.39, 0.29) is 17.5 Å². The molecule has 0 spiro atoms. The Morgan fingerprint density at radius 3 is 2.42 bits per heavy atom. The average molecular weight is 377 g/mol.